The molecule has 0 spiro atoms. The normalized spacial score (nSPS) is 11.5. The lowest BCUT2D eigenvalue weighted by Gasteiger charge is -2.06. The van der Waals surface area contributed by atoms with Gasteiger partial charge in [0.25, 0.3) is 0 Å². The summed E-state index contributed by atoms with van der Waals surface area (Å²) in [6.45, 7) is 0. The number of hydrogen-bond donors (Lipinski definition) is 0. The van der Waals surface area contributed by atoms with Gasteiger partial charge < -0.3 is 0 Å². The first-order chi connectivity index (χ1) is 11.3. The Balaban J connectivity index is 1.89. The summed E-state index contributed by atoms with van der Waals surface area (Å²) in [6, 6.07) is 20.9. The third kappa shape index (κ3) is 2.59. The molecular formula is C21H14FN. The number of pyridine rings is 1. The third-order valence-corrected chi connectivity index (χ3v) is 3.97. The Hall–Kier alpha value is -3.00. The highest BCUT2D eigenvalue weighted by molar-refractivity contribution is 6.09. The van der Waals surface area contributed by atoms with Crippen molar-refractivity contribution in [2.75, 3.05) is 0 Å². The average Bonchev–Trinajstić information content (AvgIpc) is 2.61. The summed E-state index contributed by atoms with van der Waals surface area (Å²) in [7, 11) is 0. The van der Waals surface area contributed by atoms with Crippen LogP contribution in [0.4, 0.5) is 4.39 Å². The molecule has 0 atom stereocenters. The summed E-state index contributed by atoms with van der Waals surface area (Å²) in [6.07, 6.45) is 5.88. The van der Waals surface area contributed by atoms with Crippen molar-refractivity contribution >= 4 is 33.8 Å². The number of fused-ring (bicyclic) bond motifs is 3. The summed E-state index contributed by atoms with van der Waals surface area (Å²) >= 11 is 0. The molecule has 1 aromatic heterocycles. The second-order valence-electron chi connectivity index (χ2n) is 5.47. The summed E-state index contributed by atoms with van der Waals surface area (Å²) in [5.74, 6) is -0.220. The van der Waals surface area contributed by atoms with E-state index in [-0.39, 0.29) is 5.82 Å². The fourth-order valence-corrected chi connectivity index (χ4v) is 2.84. The first kappa shape index (κ1) is 13.6. The monoisotopic (exact) mass is 299 g/mol. The molecule has 0 fully saturated rings. The second kappa shape index (κ2) is 5.65. The minimum absolute atomic E-state index is 0.220. The van der Waals surface area contributed by atoms with Crippen LogP contribution in [0.15, 0.2) is 72.9 Å². The molecule has 0 saturated heterocycles. The van der Waals surface area contributed by atoms with Gasteiger partial charge in [-0.1, -0.05) is 60.7 Å². The van der Waals surface area contributed by atoms with Crippen molar-refractivity contribution in [3.05, 3.63) is 89.9 Å². The maximum atomic E-state index is 13.0. The Morgan fingerprint density at radius 2 is 1.52 bits per heavy atom. The molecule has 4 aromatic rings. The average molecular weight is 299 g/mol. The van der Waals surface area contributed by atoms with Crippen molar-refractivity contribution in [3.8, 4) is 0 Å². The van der Waals surface area contributed by atoms with Crippen LogP contribution in [0, 0.1) is 5.82 Å². The molecule has 0 saturated carbocycles. The molecular weight excluding hydrogens is 285 g/mol. The van der Waals surface area contributed by atoms with E-state index in [0.717, 1.165) is 32.8 Å². The largest absolute Gasteiger partial charge is 0.256 e. The molecule has 0 aliphatic carbocycles. The molecule has 0 amide bonds. The van der Waals surface area contributed by atoms with Gasteiger partial charge in [-0.15, -0.1) is 0 Å². The van der Waals surface area contributed by atoms with Gasteiger partial charge in [-0.05, 0) is 34.7 Å². The molecule has 0 aliphatic heterocycles. The van der Waals surface area contributed by atoms with Gasteiger partial charge in [-0.2, -0.15) is 0 Å². The SMILES string of the molecule is Fc1ccc(/C=C/c2cccc3ccc4cccnc4c23)cc1. The van der Waals surface area contributed by atoms with Gasteiger partial charge in [0.15, 0.2) is 0 Å². The predicted octanol–water partition coefficient (Wildman–Crippen LogP) is 5.70. The lowest BCUT2D eigenvalue weighted by Crippen LogP contribution is -1.84. The molecule has 0 bridgehead atoms. The maximum Gasteiger partial charge on any atom is 0.123 e. The summed E-state index contributed by atoms with van der Waals surface area (Å²) < 4.78 is 13.0. The second-order valence-corrected chi connectivity index (χ2v) is 5.47. The highest BCUT2D eigenvalue weighted by atomic mass is 19.1. The number of rotatable bonds is 2. The predicted molar refractivity (Wildman–Crippen MR) is 94.6 cm³/mol. The molecule has 1 heterocycles. The van der Waals surface area contributed by atoms with Gasteiger partial charge in [0.05, 0.1) is 5.52 Å². The molecule has 0 unspecified atom stereocenters. The number of nitrogens with zero attached hydrogens (tertiary/aromatic N) is 1. The number of aromatic nitrogens is 1. The Kier molecular flexibility index (Phi) is 3.35. The number of benzene rings is 3. The Bertz CT molecular complexity index is 1020. The minimum atomic E-state index is -0.220. The van der Waals surface area contributed by atoms with Gasteiger partial charge in [-0.3, -0.25) is 4.98 Å². The van der Waals surface area contributed by atoms with Gasteiger partial charge in [0.2, 0.25) is 0 Å². The van der Waals surface area contributed by atoms with E-state index in [0.29, 0.717) is 0 Å². The molecule has 2 heteroatoms. The fraction of sp³-hybridized carbons (Fsp3) is 0. The van der Waals surface area contributed by atoms with E-state index in [1.165, 1.54) is 12.1 Å². The number of halogens is 1. The Morgan fingerprint density at radius 1 is 0.739 bits per heavy atom. The maximum absolute atomic E-state index is 13.0. The van der Waals surface area contributed by atoms with E-state index < -0.39 is 0 Å². The summed E-state index contributed by atoms with van der Waals surface area (Å²) in [4.78, 5) is 4.55. The molecule has 1 nitrogen and oxygen atoms in total. The zero-order valence-electron chi connectivity index (χ0n) is 12.4. The summed E-state index contributed by atoms with van der Waals surface area (Å²) in [5.41, 5.74) is 3.08. The minimum Gasteiger partial charge on any atom is -0.256 e. The highest BCUT2D eigenvalue weighted by Gasteiger charge is 2.04. The number of hydrogen-bond acceptors (Lipinski definition) is 1. The Morgan fingerprint density at radius 3 is 2.39 bits per heavy atom. The van der Waals surface area contributed by atoms with Crippen molar-refractivity contribution in [2.45, 2.75) is 0 Å². The van der Waals surface area contributed by atoms with Crippen LogP contribution < -0.4 is 0 Å². The van der Waals surface area contributed by atoms with Crippen molar-refractivity contribution < 1.29 is 4.39 Å². The molecule has 0 aliphatic rings. The zero-order valence-corrected chi connectivity index (χ0v) is 12.4. The van der Waals surface area contributed by atoms with Gasteiger partial charge in [0, 0.05) is 17.0 Å². The molecule has 110 valence electrons. The smallest absolute Gasteiger partial charge is 0.123 e. The van der Waals surface area contributed by atoms with E-state index in [9.17, 15) is 4.39 Å². The van der Waals surface area contributed by atoms with Crippen LogP contribution in [0.2, 0.25) is 0 Å². The quantitative estimate of drug-likeness (QED) is 0.342. The van der Waals surface area contributed by atoms with Crippen LogP contribution in [0.25, 0.3) is 33.8 Å². The van der Waals surface area contributed by atoms with Gasteiger partial charge in [0.1, 0.15) is 5.82 Å². The zero-order chi connectivity index (χ0) is 15.6. The van der Waals surface area contributed by atoms with Crippen LogP contribution in [0.3, 0.4) is 0 Å². The van der Waals surface area contributed by atoms with E-state index >= 15 is 0 Å². The van der Waals surface area contributed by atoms with Gasteiger partial charge in [-0.25, -0.2) is 4.39 Å². The van der Waals surface area contributed by atoms with Crippen molar-refractivity contribution in [2.24, 2.45) is 0 Å². The van der Waals surface area contributed by atoms with Gasteiger partial charge >= 0.3 is 0 Å². The van der Waals surface area contributed by atoms with Crippen LogP contribution in [0.1, 0.15) is 11.1 Å². The van der Waals surface area contributed by atoms with E-state index in [2.05, 4.69) is 41.4 Å². The Labute approximate surface area is 133 Å². The molecule has 23 heavy (non-hydrogen) atoms. The molecule has 0 N–H and O–H groups in total. The van der Waals surface area contributed by atoms with Crippen LogP contribution >= 0.6 is 0 Å². The van der Waals surface area contributed by atoms with E-state index in [1.54, 1.807) is 12.1 Å². The standard InChI is InChI=1S/C21H14FN/c22-19-12-7-15(8-13-19)6-9-16-3-1-4-17-10-11-18-5-2-14-23-21(18)20(16)17/h1-14H/b9-6+. The lowest BCUT2D eigenvalue weighted by molar-refractivity contribution is 0.628. The van der Waals surface area contributed by atoms with E-state index in [1.807, 2.05) is 24.4 Å². The van der Waals surface area contributed by atoms with Crippen molar-refractivity contribution in [3.63, 3.8) is 0 Å². The van der Waals surface area contributed by atoms with Crippen LogP contribution in [-0.2, 0) is 0 Å². The first-order valence-corrected chi connectivity index (χ1v) is 7.51. The third-order valence-electron chi connectivity index (χ3n) is 3.97. The fourth-order valence-electron chi connectivity index (χ4n) is 2.84. The molecule has 0 radical (unpaired) electrons. The summed E-state index contributed by atoms with van der Waals surface area (Å²) in [5, 5.41) is 3.43. The van der Waals surface area contributed by atoms with E-state index in [4.69, 9.17) is 0 Å². The van der Waals surface area contributed by atoms with Crippen molar-refractivity contribution in [1.82, 2.24) is 4.98 Å². The topological polar surface area (TPSA) is 12.9 Å². The van der Waals surface area contributed by atoms with Crippen molar-refractivity contribution in [1.29, 1.82) is 0 Å². The molecule has 4 rings (SSSR count). The first-order valence-electron chi connectivity index (χ1n) is 7.51. The van der Waals surface area contributed by atoms with Crippen LogP contribution in [0.5, 0.6) is 0 Å². The highest BCUT2D eigenvalue weighted by Crippen LogP contribution is 2.28. The van der Waals surface area contributed by atoms with Crippen LogP contribution in [-0.4, -0.2) is 4.98 Å². The molecule has 3 aromatic carbocycles. The lowest BCUT2D eigenvalue weighted by atomic mass is 10.00.